The Morgan fingerprint density at radius 3 is 2.63 bits per heavy atom. The second kappa shape index (κ2) is 9.85. The highest BCUT2D eigenvalue weighted by Crippen LogP contribution is 2.19. The Bertz CT molecular complexity index is 616. The zero-order valence-corrected chi connectivity index (χ0v) is 16.1. The Morgan fingerprint density at radius 2 is 1.93 bits per heavy atom. The Labute approximate surface area is 161 Å². The first-order valence-electron chi connectivity index (χ1n) is 9.94. The summed E-state index contributed by atoms with van der Waals surface area (Å²) in [5.74, 6) is 0.490. The van der Waals surface area contributed by atoms with Gasteiger partial charge in [-0.2, -0.15) is 0 Å². The van der Waals surface area contributed by atoms with E-state index in [9.17, 15) is 9.59 Å². The molecule has 1 aromatic rings. The molecule has 2 heterocycles. The van der Waals surface area contributed by atoms with Gasteiger partial charge in [-0.15, -0.1) is 0 Å². The lowest BCUT2D eigenvalue weighted by molar-refractivity contribution is -0.139. The number of carbonyl (C=O) groups excluding carboxylic acids is 2. The molecule has 0 aliphatic carbocycles. The van der Waals surface area contributed by atoms with Crippen LogP contribution in [0, 0.1) is 5.92 Å². The topological polar surface area (TPSA) is 59.1 Å². The zero-order valence-electron chi connectivity index (χ0n) is 16.1. The largest absolute Gasteiger partial charge is 0.381 e. The highest BCUT2D eigenvalue weighted by molar-refractivity contribution is 5.85. The maximum atomic E-state index is 12.8. The van der Waals surface area contributed by atoms with Crippen molar-refractivity contribution in [2.24, 2.45) is 5.92 Å². The average molecular weight is 374 g/mol. The van der Waals surface area contributed by atoms with Crippen LogP contribution in [0.15, 0.2) is 30.3 Å². The Kier molecular flexibility index (Phi) is 7.24. The lowest BCUT2D eigenvalue weighted by atomic mass is 9.99. The van der Waals surface area contributed by atoms with E-state index in [4.69, 9.17) is 9.47 Å². The molecule has 0 aromatic heterocycles. The molecule has 1 atom stereocenters. The second-order valence-electron chi connectivity index (χ2n) is 7.40. The van der Waals surface area contributed by atoms with Crippen LogP contribution in [0.25, 0.3) is 0 Å². The van der Waals surface area contributed by atoms with Crippen molar-refractivity contribution < 1.29 is 19.1 Å². The normalized spacial score (nSPS) is 22.0. The van der Waals surface area contributed by atoms with Gasteiger partial charge >= 0.3 is 0 Å². The molecule has 6 nitrogen and oxygen atoms in total. The van der Waals surface area contributed by atoms with Crippen LogP contribution < -0.4 is 0 Å². The van der Waals surface area contributed by atoms with E-state index in [0.717, 1.165) is 38.2 Å². The van der Waals surface area contributed by atoms with Crippen LogP contribution in [-0.2, 0) is 25.7 Å². The molecule has 148 valence electrons. The molecule has 0 saturated carbocycles. The van der Waals surface area contributed by atoms with E-state index in [1.54, 1.807) is 4.90 Å². The molecule has 2 amide bonds. The van der Waals surface area contributed by atoms with Crippen LogP contribution >= 0.6 is 0 Å². The van der Waals surface area contributed by atoms with E-state index in [1.165, 1.54) is 0 Å². The fourth-order valence-electron chi connectivity index (χ4n) is 3.70. The van der Waals surface area contributed by atoms with Gasteiger partial charge in [0.1, 0.15) is 0 Å². The summed E-state index contributed by atoms with van der Waals surface area (Å²) in [4.78, 5) is 28.6. The minimum atomic E-state index is -0.174. The van der Waals surface area contributed by atoms with E-state index in [1.807, 2.05) is 42.2 Å². The van der Waals surface area contributed by atoms with Gasteiger partial charge in [0.05, 0.1) is 19.3 Å². The predicted molar refractivity (Wildman–Crippen MR) is 102 cm³/mol. The first kappa shape index (κ1) is 19.8. The first-order valence-corrected chi connectivity index (χ1v) is 9.94. The van der Waals surface area contributed by atoms with Gasteiger partial charge in [0.2, 0.25) is 11.8 Å². The monoisotopic (exact) mass is 374 g/mol. The van der Waals surface area contributed by atoms with Crippen LogP contribution in [0.2, 0.25) is 0 Å². The molecule has 3 rings (SSSR count). The number of ether oxygens (including phenoxy) is 2. The molecular weight excluding hydrogens is 344 g/mol. The summed E-state index contributed by atoms with van der Waals surface area (Å²) >= 11 is 0. The van der Waals surface area contributed by atoms with Crippen molar-refractivity contribution >= 4 is 11.8 Å². The predicted octanol–water partition coefficient (Wildman–Crippen LogP) is 2.08. The lowest BCUT2D eigenvalue weighted by Crippen LogP contribution is -2.42. The van der Waals surface area contributed by atoms with Crippen molar-refractivity contribution in [3.63, 3.8) is 0 Å². The third-order valence-electron chi connectivity index (χ3n) is 5.33. The number of rotatable bonds is 6. The highest BCUT2D eigenvalue weighted by atomic mass is 16.5. The van der Waals surface area contributed by atoms with E-state index >= 15 is 0 Å². The van der Waals surface area contributed by atoms with Gasteiger partial charge in [-0.1, -0.05) is 37.3 Å². The van der Waals surface area contributed by atoms with Gasteiger partial charge in [-0.3, -0.25) is 9.59 Å². The van der Waals surface area contributed by atoms with Crippen LogP contribution in [0.5, 0.6) is 0 Å². The summed E-state index contributed by atoms with van der Waals surface area (Å²) < 4.78 is 11.6. The highest BCUT2D eigenvalue weighted by Gasteiger charge is 2.31. The molecular formula is C21H30N2O4. The minimum absolute atomic E-state index is 0.00424. The van der Waals surface area contributed by atoms with Gasteiger partial charge in [-0.25, -0.2) is 0 Å². The van der Waals surface area contributed by atoms with E-state index < -0.39 is 0 Å². The molecule has 1 unspecified atom stereocenters. The fraction of sp³-hybridized carbons (Fsp3) is 0.619. The number of nitrogens with zero attached hydrogens (tertiary/aromatic N) is 2. The number of benzene rings is 1. The summed E-state index contributed by atoms with van der Waals surface area (Å²) in [7, 11) is 0. The van der Waals surface area contributed by atoms with E-state index in [-0.39, 0.29) is 24.5 Å². The quantitative estimate of drug-likeness (QED) is 0.765. The Balaban J connectivity index is 1.66. The SMILES string of the molecule is CCC(=O)N1CC(=O)N(CC2CCOCC2)CC(OCc2ccccc2)C1. The molecule has 0 N–H and O–H groups in total. The molecule has 2 saturated heterocycles. The number of amides is 2. The summed E-state index contributed by atoms with van der Waals surface area (Å²) in [5, 5.41) is 0. The van der Waals surface area contributed by atoms with Gasteiger partial charge in [0, 0.05) is 39.3 Å². The molecule has 27 heavy (non-hydrogen) atoms. The third kappa shape index (κ3) is 5.78. The van der Waals surface area contributed by atoms with Crippen molar-refractivity contribution in [3.8, 4) is 0 Å². The molecule has 0 radical (unpaired) electrons. The summed E-state index contributed by atoms with van der Waals surface area (Å²) in [6.07, 6.45) is 2.19. The molecule has 2 fully saturated rings. The van der Waals surface area contributed by atoms with Crippen molar-refractivity contribution in [2.75, 3.05) is 39.4 Å². The zero-order chi connectivity index (χ0) is 19.1. The smallest absolute Gasteiger partial charge is 0.242 e. The standard InChI is InChI=1S/C21H30N2O4/c1-2-20(24)23-14-19(27-16-18-6-4-3-5-7-18)13-22(21(25)15-23)12-17-8-10-26-11-9-17/h3-7,17,19H,2,8-16H2,1H3. The summed E-state index contributed by atoms with van der Waals surface area (Å²) in [6.45, 7) is 5.73. The Hall–Kier alpha value is -1.92. The van der Waals surface area contributed by atoms with Gasteiger partial charge in [-0.05, 0) is 24.3 Å². The summed E-state index contributed by atoms with van der Waals surface area (Å²) in [5.41, 5.74) is 1.09. The maximum Gasteiger partial charge on any atom is 0.242 e. The molecule has 0 bridgehead atoms. The van der Waals surface area contributed by atoms with Gasteiger partial charge in [0.25, 0.3) is 0 Å². The molecule has 2 aliphatic heterocycles. The van der Waals surface area contributed by atoms with E-state index in [2.05, 4.69) is 0 Å². The maximum absolute atomic E-state index is 12.8. The van der Waals surface area contributed by atoms with E-state index in [0.29, 0.717) is 32.0 Å². The van der Waals surface area contributed by atoms with Gasteiger partial charge < -0.3 is 19.3 Å². The van der Waals surface area contributed by atoms with Crippen molar-refractivity contribution in [1.82, 2.24) is 9.80 Å². The molecule has 1 aromatic carbocycles. The average Bonchev–Trinajstić information content (AvgIpc) is 2.86. The molecule has 6 heteroatoms. The fourth-order valence-corrected chi connectivity index (χ4v) is 3.70. The third-order valence-corrected chi connectivity index (χ3v) is 5.33. The number of carbonyl (C=O) groups is 2. The van der Waals surface area contributed by atoms with Crippen LogP contribution in [0.3, 0.4) is 0 Å². The lowest BCUT2D eigenvalue weighted by Gasteiger charge is -2.30. The first-order chi connectivity index (χ1) is 13.2. The number of hydrogen-bond donors (Lipinski definition) is 0. The van der Waals surface area contributed by atoms with Crippen LogP contribution in [-0.4, -0.2) is 67.1 Å². The van der Waals surface area contributed by atoms with Crippen LogP contribution in [0.4, 0.5) is 0 Å². The minimum Gasteiger partial charge on any atom is -0.381 e. The van der Waals surface area contributed by atoms with Gasteiger partial charge in [0.15, 0.2) is 0 Å². The van der Waals surface area contributed by atoms with Crippen LogP contribution in [0.1, 0.15) is 31.7 Å². The van der Waals surface area contributed by atoms with Crippen molar-refractivity contribution in [3.05, 3.63) is 35.9 Å². The van der Waals surface area contributed by atoms with Crippen molar-refractivity contribution in [1.29, 1.82) is 0 Å². The van der Waals surface area contributed by atoms with Crippen molar-refractivity contribution in [2.45, 2.75) is 38.9 Å². The molecule has 2 aliphatic rings. The summed E-state index contributed by atoms with van der Waals surface area (Å²) in [6, 6.07) is 10.00. The second-order valence-corrected chi connectivity index (χ2v) is 7.40. The molecule has 0 spiro atoms. The Morgan fingerprint density at radius 1 is 1.19 bits per heavy atom. The number of hydrogen-bond acceptors (Lipinski definition) is 4.